The van der Waals surface area contributed by atoms with Crippen LogP contribution in [0.25, 0.3) is 11.1 Å². The second-order valence-electron chi connectivity index (χ2n) is 9.14. The van der Waals surface area contributed by atoms with E-state index in [1.54, 1.807) is 20.1 Å². The summed E-state index contributed by atoms with van der Waals surface area (Å²) in [6.45, 7) is 14.6. The van der Waals surface area contributed by atoms with Crippen molar-refractivity contribution < 1.29 is 14.3 Å². The summed E-state index contributed by atoms with van der Waals surface area (Å²) in [5, 5.41) is 11.3. The number of ketones is 2. The molecule has 0 aromatic heterocycles. The summed E-state index contributed by atoms with van der Waals surface area (Å²) in [6, 6.07) is 4.03. The molecular weight excluding hydrogens is 424 g/mol. The van der Waals surface area contributed by atoms with Gasteiger partial charge in [0.05, 0.1) is 12.7 Å². The van der Waals surface area contributed by atoms with Gasteiger partial charge in [-0.15, -0.1) is 0 Å². The number of Topliss-reactive ketones (excluding diaryl/α,β-unsaturated/α-hetero) is 1. The van der Waals surface area contributed by atoms with E-state index >= 15 is 0 Å². The minimum absolute atomic E-state index is 0.187. The second kappa shape index (κ2) is 14.3. The molecule has 186 valence electrons. The Kier molecular flexibility index (Phi) is 12.3. The first-order valence-electron chi connectivity index (χ1n) is 12.2. The molecule has 1 aromatic rings. The van der Waals surface area contributed by atoms with Crippen LogP contribution in [0.3, 0.4) is 0 Å². The maximum atomic E-state index is 12.7. The average molecular weight is 467 g/mol. The Morgan fingerprint density at radius 2 is 1.82 bits per heavy atom. The Bertz CT molecular complexity index is 968. The van der Waals surface area contributed by atoms with Crippen molar-refractivity contribution in [2.24, 2.45) is 11.8 Å². The van der Waals surface area contributed by atoms with Crippen molar-refractivity contribution in [1.82, 2.24) is 5.32 Å². The van der Waals surface area contributed by atoms with Crippen LogP contribution in [-0.4, -0.2) is 31.4 Å². The Morgan fingerprint density at radius 3 is 2.32 bits per heavy atom. The van der Waals surface area contributed by atoms with Gasteiger partial charge in [0.15, 0.2) is 11.6 Å². The van der Waals surface area contributed by atoms with Crippen molar-refractivity contribution in [2.45, 2.75) is 67.7 Å². The third-order valence-electron chi connectivity index (χ3n) is 6.21. The van der Waals surface area contributed by atoms with Crippen molar-refractivity contribution in [3.05, 3.63) is 52.7 Å². The molecule has 0 saturated carbocycles. The number of nitrogens with one attached hydrogen (secondary N) is 2. The molecule has 34 heavy (non-hydrogen) atoms. The van der Waals surface area contributed by atoms with Crippen LogP contribution in [0.15, 0.2) is 36.1 Å². The summed E-state index contributed by atoms with van der Waals surface area (Å²) >= 11 is 0. The maximum Gasteiger partial charge on any atom is 0.189 e. The molecule has 0 bridgehead atoms. The fourth-order valence-electron chi connectivity index (χ4n) is 3.67. The molecule has 0 spiro atoms. The Labute approximate surface area is 205 Å². The summed E-state index contributed by atoms with van der Waals surface area (Å²) in [7, 11) is 1.61. The van der Waals surface area contributed by atoms with Gasteiger partial charge in [0.1, 0.15) is 5.75 Å². The molecule has 0 aliphatic heterocycles. The van der Waals surface area contributed by atoms with Gasteiger partial charge in [0.2, 0.25) is 0 Å². The zero-order valence-corrected chi connectivity index (χ0v) is 22.2. The standard InChI is InChI=1S/C29H42N2O3/c1-9-11-12-31-18-24(17-30)27-15-23(13-20(5)19(3)4)26(16-29(27)34-8)21(6)14-28(33)25(10-2)22(7)32/h10,14-20,30-31H,9,11-13H2,1-8H3/b21-14+,24-18+,25-10-,30-17?. The zero-order valence-electron chi connectivity index (χ0n) is 22.2. The van der Waals surface area contributed by atoms with E-state index in [0.29, 0.717) is 17.6 Å². The highest BCUT2D eigenvalue weighted by atomic mass is 16.5. The van der Waals surface area contributed by atoms with E-state index in [9.17, 15) is 9.59 Å². The Balaban J connectivity index is 3.65. The predicted molar refractivity (Wildman–Crippen MR) is 143 cm³/mol. The fraction of sp³-hybridized carbons (Fsp3) is 0.483. The van der Waals surface area contributed by atoms with Gasteiger partial charge >= 0.3 is 0 Å². The number of allylic oxidation sites excluding steroid dienone is 5. The van der Waals surface area contributed by atoms with Crippen molar-refractivity contribution in [3.63, 3.8) is 0 Å². The molecule has 2 N–H and O–H groups in total. The lowest BCUT2D eigenvalue weighted by Gasteiger charge is -2.21. The SMILES string of the molecule is C/C=C(/C(C)=O)C(=O)/C=C(\C)c1cc(OC)c(/C(C=N)=C/NCCCC)cc1CC(C)C(C)C. The molecule has 0 saturated heterocycles. The number of methoxy groups -OCH3 is 1. The fourth-order valence-corrected chi connectivity index (χ4v) is 3.67. The number of carbonyl (C=O) groups is 2. The number of rotatable bonds is 14. The highest BCUT2D eigenvalue weighted by molar-refractivity contribution is 6.24. The lowest BCUT2D eigenvalue weighted by atomic mass is 9.85. The van der Waals surface area contributed by atoms with Crippen molar-refractivity contribution >= 4 is 28.9 Å². The topological polar surface area (TPSA) is 79.2 Å². The number of unbranched alkanes of at least 4 members (excludes halogenated alkanes) is 1. The summed E-state index contributed by atoms with van der Waals surface area (Å²) in [6.07, 6.45) is 9.28. The summed E-state index contributed by atoms with van der Waals surface area (Å²) in [4.78, 5) is 24.6. The Morgan fingerprint density at radius 1 is 1.15 bits per heavy atom. The molecule has 0 aliphatic carbocycles. The van der Waals surface area contributed by atoms with E-state index in [0.717, 1.165) is 53.6 Å². The van der Waals surface area contributed by atoms with E-state index in [2.05, 4.69) is 39.1 Å². The number of hydrogen-bond donors (Lipinski definition) is 2. The molecule has 0 aliphatic rings. The van der Waals surface area contributed by atoms with Gasteiger partial charge in [-0.05, 0) is 80.4 Å². The first-order chi connectivity index (χ1) is 16.1. The van der Waals surface area contributed by atoms with Crippen molar-refractivity contribution in [1.29, 1.82) is 5.41 Å². The Hall–Kier alpha value is -2.95. The van der Waals surface area contributed by atoms with E-state index in [-0.39, 0.29) is 17.1 Å². The first-order valence-corrected chi connectivity index (χ1v) is 12.2. The van der Waals surface area contributed by atoms with Gasteiger partial charge in [-0.3, -0.25) is 9.59 Å². The van der Waals surface area contributed by atoms with Crippen LogP contribution < -0.4 is 10.1 Å². The number of benzene rings is 1. The van der Waals surface area contributed by atoms with Gasteiger partial charge < -0.3 is 15.5 Å². The van der Waals surface area contributed by atoms with Gasteiger partial charge in [-0.1, -0.05) is 40.2 Å². The van der Waals surface area contributed by atoms with Crippen LogP contribution in [0.2, 0.25) is 0 Å². The lowest BCUT2D eigenvalue weighted by molar-refractivity contribution is -0.118. The highest BCUT2D eigenvalue weighted by Crippen LogP contribution is 2.34. The first kappa shape index (κ1) is 29.1. The van der Waals surface area contributed by atoms with Gasteiger partial charge in [-0.25, -0.2) is 0 Å². The number of carbonyl (C=O) groups excluding carboxylic acids is 2. The molecule has 0 amide bonds. The molecule has 5 nitrogen and oxygen atoms in total. The minimum atomic E-state index is -0.293. The predicted octanol–water partition coefficient (Wildman–Crippen LogP) is 6.42. The molecule has 0 fully saturated rings. The third kappa shape index (κ3) is 8.12. The molecular formula is C29H42N2O3. The zero-order chi connectivity index (χ0) is 25.8. The van der Waals surface area contributed by atoms with Crippen molar-refractivity contribution in [2.75, 3.05) is 13.7 Å². The third-order valence-corrected chi connectivity index (χ3v) is 6.21. The molecule has 0 radical (unpaired) electrons. The molecule has 1 aromatic carbocycles. The molecule has 1 atom stereocenters. The number of ether oxygens (including phenoxy) is 1. The smallest absolute Gasteiger partial charge is 0.189 e. The van der Waals surface area contributed by atoms with Crippen LogP contribution >= 0.6 is 0 Å². The lowest BCUT2D eigenvalue weighted by Crippen LogP contribution is -2.12. The van der Waals surface area contributed by atoms with Crippen molar-refractivity contribution in [3.8, 4) is 5.75 Å². The van der Waals surface area contributed by atoms with E-state index in [1.807, 2.05) is 19.2 Å². The van der Waals surface area contributed by atoms with Crippen LogP contribution in [0.5, 0.6) is 5.75 Å². The summed E-state index contributed by atoms with van der Waals surface area (Å²) in [5.74, 6) is 1.01. The van der Waals surface area contributed by atoms with Crippen LogP contribution in [0, 0.1) is 17.2 Å². The minimum Gasteiger partial charge on any atom is -0.496 e. The normalized spacial score (nSPS) is 13.6. The molecule has 0 heterocycles. The summed E-state index contributed by atoms with van der Waals surface area (Å²) in [5.41, 5.74) is 4.56. The monoisotopic (exact) mass is 466 g/mol. The van der Waals surface area contributed by atoms with E-state index in [4.69, 9.17) is 10.1 Å². The maximum absolute atomic E-state index is 12.7. The van der Waals surface area contributed by atoms with Crippen LogP contribution in [0.4, 0.5) is 0 Å². The van der Waals surface area contributed by atoms with Crippen LogP contribution in [0.1, 0.15) is 78.0 Å². The van der Waals surface area contributed by atoms with Gasteiger partial charge in [0.25, 0.3) is 0 Å². The van der Waals surface area contributed by atoms with E-state index < -0.39 is 0 Å². The summed E-state index contributed by atoms with van der Waals surface area (Å²) < 4.78 is 5.72. The molecule has 1 rings (SSSR count). The largest absolute Gasteiger partial charge is 0.496 e. The van der Waals surface area contributed by atoms with Crippen LogP contribution in [-0.2, 0) is 16.0 Å². The number of hydrogen-bond acceptors (Lipinski definition) is 5. The second-order valence-corrected chi connectivity index (χ2v) is 9.14. The molecule has 1 unspecified atom stereocenters. The van der Waals surface area contributed by atoms with Gasteiger partial charge in [-0.2, -0.15) is 0 Å². The van der Waals surface area contributed by atoms with Gasteiger partial charge in [0, 0.05) is 30.1 Å². The highest BCUT2D eigenvalue weighted by Gasteiger charge is 2.19. The average Bonchev–Trinajstić information content (AvgIpc) is 2.79. The quantitative estimate of drug-likeness (QED) is 0.109. The molecule has 5 heteroatoms. The van der Waals surface area contributed by atoms with E-state index in [1.165, 1.54) is 19.2 Å².